The van der Waals surface area contributed by atoms with Gasteiger partial charge in [-0.3, -0.25) is 9.59 Å². The molecule has 1 amide bonds. The van der Waals surface area contributed by atoms with E-state index in [1.165, 1.54) is 12.3 Å². The minimum atomic E-state index is -1.21. The van der Waals surface area contributed by atoms with Crippen LogP contribution in [0.1, 0.15) is 28.5 Å². The Kier molecular flexibility index (Phi) is 4.53. The minimum absolute atomic E-state index is 0.0650. The van der Waals surface area contributed by atoms with Gasteiger partial charge in [0.2, 0.25) is 5.91 Å². The average Bonchev–Trinajstić information content (AvgIpc) is 2.73. The van der Waals surface area contributed by atoms with E-state index in [2.05, 4.69) is 10.3 Å². The normalized spacial score (nSPS) is 14.2. The average molecular weight is 244 g/mol. The molecule has 2 unspecified atom stereocenters. The molecule has 7 heteroatoms. The summed E-state index contributed by atoms with van der Waals surface area (Å²) >= 11 is 1.08. The van der Waals surface area contributed by atoms with E-state index in [4.69, 9.17) is 0 Å². The summed E-state index contributed by atoms with van der Waals surface area (Å²) in [6, 6.07) is 0. The smallest absolute Gasteiger partial charge is 0.216 e. The van der Waals surface area contributed by atoms with Crippen LogP contribution in [0.5, 0.6) is 0 Å². The molecular weight excluding hydrogens is 232 g/mol. The predicted molar refractivity (Wildman–Crippen MR) is 57.2 cm³/mol. The van der Waals surface area contributed by atoms with Crippen molar-refractivity contribution in [2.75, 3.05) is 6.54 Å². The molecule has 16 heavy (non-hydrogen) atoms. The van der Waals surface area contributed by atoms with E-state index in [-0.39, 0.29) is 23.2 Å². The molecule has 0 bridgehead atoms. The quantitative estimate of drug-likeness (QED) is 0.606. The molecule has 0 radical (unpaired) electrons. The predicted octanol–water partition coefficient (Wildman–Crippen LogP) is -0.514. The highest BCUT2D eigenvalue weighted by atomic mass is 32.1. The molecule has 1 aromatic heterocycles. The number of nitrogens with zero attached hydrogens (tertiary/aromatic N) is 1. The van der Waals surface area contributed by atoms with Crippen LogP contribution in [0.15, 0.2) is 5.38 Å². The van der Waals surface area contributed by atoms with E-state index >= 15 is 0 Å². The molecule has 0 aromatic carbocycles. The number of hydrogen-bond acceptors (Lipinski definition) is 6. The fourth-order valence-corrected chi connectivity index (χ4v) is 1.70. The summed E-state index contributed by atoms with van der Waals surface area (Å²) in [5.41, 5.74) is 0.227. The van der Waals surface area contributed by atoms with E-state index in [0.29, 0.717) is 6.29 Å². The van der Waals surface area contributed by atoms with E-state index in [9.17, 15) is 19.8 Å². The Morgan fingerprint density at radius 1 is 1.69 bits per heavy atom. The molecule has 0 saturated carbocycles. The lowest BCUT2D eigenvalue weighted by Gasteiger charge is -2.15. The van der Waals surface area contributed by atoms with E-state index in [0.717, 1.165) is 11.3 Å². The molecule has 2 atom stereocenters. The van der Waals surface area contributed by atoms with Crippen LogP contribution in [-0.4, -0.2) is 40.0 Å². The van der Waals surface area contributed by atoms with Gasteiger partial charge in [0.15, 0.2) is 11.3 Å². The number of carbonyl (C=O) groups is 2. The maximum atomic E-state index is 10.6. The van der Waals surface area contributed by atoms with Gasteiger partial charge in [-0.2, -0.15) is 0 Å². The van der Waals surface area contributed by atoms with Gasteiger partial charge in [0, 0.05) is 18.8 Å². The summed E-state index contributed by atoms with van der Waals surface area (Å²) in [7, 11) is 0. The van der Waals surface area contributed by atoms with Crippen molar-refractivity contribution in [3.8, 4) is 0 Å². The molecule has 0 aliphatic carbocycles. The number of aliphatic hydroxyl groups is 2. The first-order valence-corrected chi connectivity index (χ1v) is 5.43. The van der Waals surface area contributed by atoms with Gasteiger partial charge in [0.1, 0.15) is 12.2 Å². The van der Waals surface area contributed by atoms with Crippen LogP contribution in [-0.2, 0) is 4.79 Å². The first-order chi connectivity index (χ1) is 7.54. The SMILES string of the molecule is CC(=O)NCC(O)C(O)c1csc(C=O)n1. The molecule has 1 heterocycles. The number of aliphatic hydroxyl groups excluding tert-OH is 2. The second-order valence-electron chi connectivity index (χ2n) is 3.18. The minimum Gasteiger partial charge on any atom is -0.388 e. The van der Waals surface area contributed by atoms with Gasteiger partial charge < -0.3 is 15.5 Å². The third-order valence-corrected chi connectivity index (χ3v) is 2.66. The van der Waals surface area contributed by atoms with E-state index in [1.54, 1.807) is 0 Å². The molecule has 3 N–H and O–H groups in total. The van der Waals surface area contributed by atoms with Crippen molar-refractivity contribution >= 4 is 23.5 Å². The number of aldehydes is 1. The zero-order valence-electron chi connectivity index (χ0n) is 8.58. The highest BCUT2D eigenvalue weighted by Crippen LogP contribution is 2.18. The lowest BCUT2D eigenvalue weighted by molar-refractivity contribution is -0.119. The molecule has 0 aliphatic heterocycles. The fourth-order valence-electron chi connectivity index (χ4n) is 1.05. The van der Waals surface area contributed by atoms with Crippen LogP contribution in [0.2, 0.25) is 0 Å². The topological polar surface area (TPSA) is 99.5 Å². The molecule has 1 aromatic rings. The van der Waals surface area contributed by atoms with Crippen LogP contribution in [0.25, 0.3) is 0 Å². The van der Waals surface area contributed by atoms with Gasteiger partial charge >= 0.3 is 0 Å². The molecule has 0 fully saturated rings. The van der Waals surface area contributed by atoms with Gasteiger partial charge in [-0.1, -0.05) is 0 Å². The molecule has 0 aliphatic rings. The summed E-state index contributed by atoms with van der Waals surface area (Å²) in [5.74, 6) is -0.293. The van der Waals surface area contributed by atoms with Crippen molar-refractivity contribution in [1.29, 1.82) is 0 Å². The third kappa shape index (κ3) is 3.37. The van der Waals surface area contributed by atoms with Crippen LogP contribution < -0.4 is 5.32 Å². The molecule has 88 valence electrons. The van der Waals surface area contributed by atoms with Gasteiger partial charge in [-0.15, -0.1) is 11.3 Å². The van der Waals surface area contributed by atoms with Crippen LogP contribution in [0.4, 0.5) is 0 Å². The van der Waals surface area contributed by atoms with Gasteiger partial charge in [-0.05, 0) is 0 Å². The Morgan fingerprint density at radius 3 is 2.88 bits per heavy atom. The van der Waals surface area contributed by atoms with Crippen LogP contribution in [0.3, 0.4) is 0 Å². The number of thiazole rings is 1. The molecule has 1 rings (SSSR count). The largest absolute Gasteiger partial charge is 0.388 e. The lowest BCUT2D eigenvalue weighted by Crippen LogP contribution is -2.34. The van der Waals surface area contributed by atoms with E-state index in [1.807, 2.05) is 0 Å². The Labute approximate surface area is 95.9 Å². The maximum Gasteiger partial charge on any atom is 0.216 e. The lowest BCUT2D eigenvalue weighted by atomic mass is 10.1. The van der Waals surface area contributed by atoms with Gasteiger partial charge in [0.05, 0.1) is 5.69 Å². The standard InChI is InChI=1S/C9H12N2O4S/c1-5(13)10-2-7(14)9(15)6-4-16-8(3-12)11-6/h3-4,7,9,14-15H,2H2,1H3,(H,10,13). The summed E-state index contributed by atoms with van der Waals surface area (Å²) in [6.45, 7) is 1.25. The molecular formula is C9H12N2O4S. The van der Waals surface area contributed by atoms with Crippen molar-refractivity contribution in [1.82, 2.24) is 10.3 Å². The number of rotatable bonds is 5. The van der Waals surface area contributed by atoms with Gasteiger partial charge in [-0.25, -0.2) is 4.98 Å². The Hall–Kier alpha value is -1.31. The van der Waals surface area contributed by atoms with Crippen LogP contribution in [0, 0.1) is 0 Å². The van der Waals surface area contributed by atoms with Crippen molar-refractivity contribution in [3.63, 3.8) is 0 Å². The summed E-state index contributed by atoms with van der Waals surface area (Å²) < 4.78 is 0. The zero-order chi connectivity index (χ0) is 12.1. The summed E-state index contributed by atoms with van der Waals surface area (Å²) in [4.78, 5) is 24.8. The third-order valence-electron chi connectivity index (χ3n) is 1.87. The number of amides is 1. The summed E-state index contributed by atoms with van der Waals surface area (Å²) in [5, 5.41) is 23.3. The highest BCUT2D eigenvalue weighted by Gasteiger charge is 2.21. The van der Waals surface area contributed by atoms with E-state index < -0.39 is 12.2 Å². The van der Waals surface area contributed by atoms with Gasteiger partial charge in [0.25, 0.3) is 0 Å². The maximum absolute atomic E-state index is 10.6. The monoisotopic (exact) mass is 244 g/mol. The van der Waals surface area contributed by atoms with Crippen LogP contribution >= 0.6 is 11.3 Å². The van der Waals surface area contributed by atoms with Crippen molar-refractivity contribution in [2.24, 2.45) is 0 Å². The second kappa shape index (κ2) is 5.69. The summed E-state index contributed by atoms with van der Waals surface area (Å²) in [6.07, 6.45) is -1.79. The fraction of sp³-hybridized carbons (Fsp3) is 0.444. The Balaban J connectivity index is 2.58. The highest BCUT2D eigenvalue weighted by molar-refractivity contribution is 7.11. The van der Waals surface area contributed by atoms with Crippen molar-refractivity contribution in [3.05, 3.63) is 16.1 Å². The number of nitrogens with one attached hydrogen (secondary N) is 1. The second-order valence-corrected chi connectivity index (χ2v) is 4.07. The molecule has 6 nitrogen and oxygen atoms in total. The zero-order valence-corrected chi connectivity index (χ0v) is 9.40. The first kappa shape index (κ1) is 12.8. The molecule has 0 spiro atoms. The first-order valence-electron chi connectivity index (χ1n) is 4.55. The van der Waals surface area contributed by atoms with Crippen molar-refractivity contribution < 1.29 is 19.8 Å². The number of hydrogen-bond donors (Lipinski definition) is 3. The molecule has 0 saturated heterocycles. The Bertz CT molecular complexity index is 379. The number of aromatic nitrogens is 1. The van der Waals surface area contributed by atoms with Crippen molar-refractivity contribution in [2.45, 2.75) is 19.1 Å². The Morgan fingerprint density at radius 2 is 2.38 bits per heavy atom. The number of carbonyl (C=O) groups excluding carboxylic acids is 2.